The second kappa shape index (κ2) is 11.0. The van der Waals surface area contributed by atoms with Crippen LogP contribution in [0.3, 0.4) is 0 Å². The van der Waals surface area contributed by atoms with Crippen LogP contribution in [0.25, 0.3) is 0 Å². The second-order valence-electron chi connectivity index (χ2n) is 2.81. The first kappa shape index (κ1) is 25.7. The predicted molar refractivity (Wildman–Crippen MR) is 66.9 cm³/mol. The predicted octanol–water partition coefficient (Wildman–Crippen LogP) is -1.57. The third-order valence-corrected chi connectivity index (χ3v) is 1.95. The van der Waals surface area contributed by atoms with Crippen molar-refractivity contribution in [2.24, 2.45) is 5.73 Å². The Bertz CT molecular complexity index is 163. The Kier molecular flexibility index (Phi) is 17.7. The highest BCUT2D eigenvalue weighted by atomic mass is 35.5. The zero-order valence-electron chi connectivity index (χ0n) is 8.00. The number of hydrogen-bond donors (Lipinski definition) is 5. The molecule has 1 unspecified atom stereocenters. The van der Waals surface area contributed by atoms with E-state index in [1.807, 2.05) is 0 Å². The van der Waals surface area contributed by atoms with Crippen LogP contribution in [0.2, 0.25) is 0 Å². The maximum atomic E-state index is 9.20. The van der Waals surface area contributed by atoms with Gasteiger partial charge in [-0.05, 0) is 0 Å². The topological polar surface area (TPSA) is 116 Å². The summed E-state index contributed by atoms with van der Waals surface area (Å²) in [5, 5.41) is 36.1. The second-order valence-corrected chi connectivity index (χ2v) is 2.81. The summed E-state index contributed by atoms with van der Waals surface area (Å²) in [5.74, 6) is 0. The van der Waals surface area contributed by atoms with Crippen LogP contribution in [-0.2, 0) is 4.74 Å². The molecule has 1 saturated heterocycles. The van der Waals surface area contributed by atoms with Crippen LogP contribution in [0, 0.1) is 0 Å². The quantitative estimate of drug-likeness (QED) is 0.398. The van der Waals surface area contributed by atoms with E-state index in [1.165, 1.54) is 0 Å². The maximum Gasteiger partial charge on any atom is 0.173 e. The smallest absolute Gasteiger partial charge is 0.173 e. The molecule has 0 amide bonds. The molecule has 104 valence electrons. The number of halogens is 4. The Balaban J connectivity index is -0.000000180. The zero-order valence-corrected chi connectivity index (χ0v) is 11.3. The molecule has 1 fully saturated rings. The Labute approximate surface area is 118 Å². The molecule has 16 heavy (non-hydrogen) atoms. The van der Waals surface area contributed by atoms with Crippen LogP contribution in [0.1, 0.15) is 0 Å². The summed E-state index contributed by atoms with van der Waals surface area (Å²) in [4.78, 5) is 0. The van der Waals surface area contributed by atoms with Gasteiger partial charge in [-0.2, -0.15) is 0 Å². The van der Waals surface area contributed by atoms with Crippen molar-refractivity contribution in [3.63, 3.8) is 0 Å². The fraction of sp³-hybridized carbons (Fsp3) is 1.00. The minimum Gasteiger partial charge on any atom is -0.394 e. The zero-order chi connectivity index (χ0) is 9.30. The summed E-state index contributed by atoms with van der Waals surface area (Å²) >= 11 is 0. The SMILES string of the molecule is Cl.Cl.Cl.Cl.N[C@H]1C(O)O[C@H](CO)[C@@H](O)[C@@H]1O. The highest BCUT2D eigenvalue weighted by Crippen LogP contribution is 2.17. The van der Waals surface area contributed by atoms with E-state index in [1.54, 1.807) is 0 Å². The van der Waals surface area contributed by atoms with Gasteiger partial charge in [0.25, 0.3) is 0 Å². The lowest BCUT2D eigenvalue weighted by atomic mass is 9.98. The third-order valence-electron chi connectivity index (χ3n) is 1.95. The van der Waals surface area contributed by atoms with E-state index in [0.717, 1.165) is 0 Å². The molecule has 5 atom stereocenters. The minimum absolute atomic E-state index is 0. The molecule has 6 nitrogen and oxygen atoms in total. The fourth-order valence-corrected chi connectivity index (χ4v) is 1.12. The summed E-state index contributed by atoms with van der Waals surface area (Å²) in [6.07, 6.45) is -4.85. The summed E-state index contributed by atoms with van der Waals surface area (Å²) in [5.41, 5.74) is 5.26. The van der Waals surface area contributed by atoms with E-state index in [0.29, 0.717) is 0 Å². The maximum absolute atomic E-state index is 9.20. The average Bonchev–Trinajstić information content (AvgIpc) is 2.08. The third kappa shape index (κ3) is 5.50. The molecule has 1 heterocycles. The van der Waals surface area contributed by atoms with E-state index in [-0.39, 0.29) is 49.6 Å². The van der Waals surface area contributed by atoms with Crippen molar-refractivity contribution >= 4 is 49.6 Å². The van der Waals surface area contributed by atoms with E-state index < -0.39 is 37.3 Å². The van der Waals surface area contributed by atoms with Crippen LogP contribution in [0.4, 0.5) is 0 Å². The normalized spacial score (nSPS) is 36.9. The molecule has 0 aromatic heterocycles. The lowest BCUT2D eigenvalue weighted by molar-refractivity contribution is -0.248. The monoisotopic (exact) mass is 323 g/mol. The number of aliphatic hydroxyl groups excluding tert-OH is 4. The molecule has 0 spiro atoms. The van der Waals surface area contributed by atoms with Crippen molar-refractivity contribution in [3.05, 3.63) is 0 Å². The van der Waals surface area contributed by atoms with Gasteiger partial charge in [-0.1, -0.05) is 0 Å². The molecule has 0 aromatic carbocycles. The number of rotatable bonds is 1. The van der Waals surface area contributed by atoms with Gasteiger partial charge < -0.3 is 30.9 Å². The standard InChI is InChI=1S/C6H13NO5.4ClH/c7-3-5(10)4(9)2(1-8)12-6(3)11;;;;/h2-6,8-11H,1,7H2;4*1H/t2-,3-,4-,5-,6?;;;;/m1..../s1. The van der Waals surface area contributed by atoms with Gasteiger partial charge in [-0.3, -0.25) is 0 Å². The number of ether oxygens (including phenoxy) is 1. The first-order chi connectivity index (χ1) is 5.57. The highest BCUT2D eigenvalue weighted by Gasteiger charge is 2.41. The Morgan fingerprint density at radius 3 is 1.75 bits per heavy atom. The average molecular weight is 325 g/mol. The van der Waals surface area contributed by atoms with Crippen LogP contribution < -0.4 is 5.73 Å². The summed E-state index contributed by atoms with van der Waals surface area (Å²) < 4.78 is 4.70. The van der Waals surface area contributed by atoms with E-state index in [4.69, 9.17) is 20.7 Å². The van der Waals surface area contributed by atoms with Crippen LogP contribution >= 0.6 is 49.6 Å². The summed E-state index contributed by atoms with van der Waals surface area (Å²) in [7, 11) is 0. The van der Waals surface area contributed by atoms with E-state index in [2.05, 4.69) is 0 Å². The van der Waals surface area contributed by atoms with Gasteiger partial charge in [0, 0.05) is 0 Å². The lowest BCUT2D eigenvalue weighted by Crippen LogP contribution is -2.61. The minimum atomic E-state index is -1.35. The molecule has 0 radical (unpaired) electrons. The van der Waals surface area contributed by atoms with Crippen LogP contribution in [0.5, 0.6) is 0 Å². The summed E-state index contributed by atoms with van der Waals surface area (Å²) in [6.45, 7) is -0.470. The van der Waals surface area contributed by atoms with Gasteiger partial charge in [-0.25, -0.2) is 0 Å². The first-order valence-electron chi connectivity index (χ1n) is 3.64. The Hall–Kier alpha value is 0.920. The van der Waals surface area contributed by atoms with E-state index >= 15 is 0 Å². The largest absolute Gasteiger partial charge is 0.394 e. The molecule has 1 aliphatic rings. The van der Waals surface area contributed by atoms with Crippen molar-refractivity contribution in [1.29, 1.82) is 0 Å². The van der Waals surface area contributed by atoms with Gasteiger partial charge in [0.05, 0.1) is 12.6 Å². The Morgan fingerprint density at radius 2 is 1.38 bits per heavy atom. The van der Waals surface area contributed by atoms with Gasteiger partial charge in [0.1, 0.15) is 18.3 Å². The van der Waals surface area contributed by atoms with Gasteiger partial charge >= 0.3 is 0 Å². The molecule has 0 saturated carbocycles. The molecule has 0 aliphatic carbocycles. The van der Waals surface area contributed by atoms with E-state index in [9.17, 15) is 10.2 Å². The van der Waals surface area contributed by atoms with Gasteiger partial charge in [0.15, 0.2) is 6.29 Å². The molecule has 1 rings (SSSR count). The molecule has 10 heteroatoms. The highest BCUT2D eigenvalue weighted by molar-refractivity contribution is 5.86. The molecule has 0 aromatic rings. The van der Waals surface area contributed by atoms with Gasteiger partial charge in [-0.15, -0.1) is 49.6 Å². The number of hydrogen-bond acceptors (Lipinski definition) is 6. The van der Waals surface area contributed by atoms with Gasteiger partial charge in [0.2, 0.25) is 0 Å². The molecule has 0 bridgehead atoms. The number of nitrogens with two attached hydrogens (primary N) is 1. The Morgan fingerprint density at radius 1 is 0.938 bits per heavy atom. The van der Waals surface area contributed by atoms with Crippen molar-refractivity contribution in [1.82, 2.24) is 0 Å². The van der Waals surface area contributed by atoms with Crippen LogP contribution in [0.15, 0.2) is 0 Å². The fourth-order valence-electron chi connectivity index (χ4n) is 1.12. The molecular weight excluding hydrogens is 308 g/mol. The molecule has 1 aliphatic heterocycles. The molecule has 6 N–H and O–H groups in total. The lowest BCUT2D eigenvalue weighted by Gasteiger charge is -2.38. The van der Waals surface area contributed by atoms with Crippen LogP contribution in [-0.4, -0.2) is 57.7 Å². The summed E-state index contributed by atoms with van der Waals surface area (Å²) in [6, 6.07) is -1.04. The first-order valence-corrected chi connectivity index (χ1v) is 3.64. The van der Waals surface area contributed by atoms with Crippen molar-refractivity contribution < 1.29 is 25.2 Å². The van der Waals surface area contributed by atoms with Crippen molar-refractivity contribution in [2.75, 3.05) is 6.61 Å². The number of aliphatic hydroxyl groups is 4. The van der Waals surface area contributed by atoms with Crippen molar-refractivity contribution in [2.45, 2.75) is 30.6 Å². The van der Waals surface area contributed by atoms with Crippen molar-refractivity contribution in [3.8, 4) is 0 Å². The molecular formula is C6H17Cl4NO5.